The molecule has 0 fully saturated rings. The lowest BCUT2D eigenvalue weighted by molar-refractivity contribution is 0.403. The van der Waals surface area contributed by atoms with Crippen LogP contribution < -0.4 is 9.80 Å². The summed E-state index contributed by atoms with van der Waals surface area (Å²) in [6.45, 7) is 20.5. The second kappa shape index (κ2) is 28.4. The molecule has 0 bridgehead atoms. The van der Waals surface area contributed by atoms with Crippen molar-refractivity contribution in [2.24, 2.45) is 5.41 Å². The molecule has 1 aliphatic rings. The van der Waals surface area contributed by atoms with E-state index in [-0.39, 0.29) is 5.41 Å². The van der Waals surface area contributed by atoms with Gasteiger partial charge in [0.2, 0.25) is 0 Å². The molecular formula is C85H86Br2N2. The fourth-order valence-electron chi connectivity index (χ4n) is 14.2. The third-order valence-corrected chi connectivity index (χ3v) is 19.3. The number of allylic oxidation sites excluding steroid dienone is 4. The molecule has 4 heteroatoms. The predicted molar refractivity (Wildman–Crippen MR) is 392 cm³/mol. The summed E-state index contributed by atoms with van der Waals surface area (Å²) in [5.74, 6) is 0.313. The van der Waals surface area contributed by atoms with E-state index in [0.29, 0.717) is 5.92 Å². The summed E-state index contributed by atoms with van der Waals surface area (Å²) in [4.78, 5) is 4.84. The standard InChI is InChI=1S/C85H86Br2N2/c1-10-12-14-16-18-71-56-82(68-30-46-78(47-31-68)89(76-42-26-66(27-43-76)64-22-38-74(87)39-23-64)80-50-34-70(35-51-80)84-62(7)54-59(4)57-85(84,8)9)72(19-17-15-13-11-2)55-81(71)67-28-44-77(45-29-67)88(75-40-24-65(25-41-75)63-20-36-73(86)37-21-63)79-48-32-69(33-49-79)83-60(5)52-58(3)53-61(83)6/h20-57,84H,10-19H2,1-9H3. The van der Waals surface area contributed by atoms with Gasteiger partial charge in [-0.15, -0.1) is 0 Å². The van der Waals surface area contributed by atoms with E-state index in [0.717, 1.165) is 68.8 Å². The molecule has 0 amide bonds. The van der Waals surface area contributed by atoms with Crippen LogP contribution in [0.25, 0.3) is 55.6 Å². The third kappa shape index (κ3) is 14.6. The minimum absolute atomic E-state index is 0.0171. The lowest BCUT2D eigenvalue weighted by Gasteiger charge is -2.37. The van der Waals surface area contributed by atoms with E-state index in [1.165, 1.54) is 139 Å². The van der Waals surface area contributed by atoms with E-state index in [2.05, 4.69) is 335 Å². The highest BCUT2D eigenvalue weighted by Gasteiger charge is 2.33. The quantitative estimate of drug-likeness (QED) is 0.0624. The SMILES string of the molecule is CCCCCCc1cc(-c2ccc(N(c3ccc(-c4ccc(Br)cc4)cc3)c3ccc(C4C(C)=CC(C)=CC4(C)C)cc3)cc2)c(CCCCCC)cc1-c1ccc(N(c2ccc(-c3ccc(Br)cc3)cc2)c2ccc(-c3c(C)cc(C)cc3C)cc2)cc1. The molecule has 0 aromatic heterocycles. The van der Waals surface area contributed by atoms with Crippen LogP contribution in [0, 0.1) is 26.2 Å². The van der Waals surface area contributed by atoms with Gasteiger partial charge < -0.3 is 9.80 Å². The van der Waals surface area contributed by atoms with E-state index in [1.54, 1.807) is 0 Å². The van der Waals surface area contributed by atoms with Crippen LogP contribution in [0.1, 0.15) is 132 Å². The number of unbranched alkanes of at least 4 members (excludes halogenated alkanes) is 6. The maximum atomic E-state index is 3.63. The molecule has 0 spiro atoms. The summed E-state index contributed by atoms with van der Waals surface area (Å²) in [6.07, 6.45) is 16.5. The van der Waals surface area contributed by atoms with Crippen molar-refractivity contribution in [3.8, 4) is 55.6 Å². The van der Waals surface area contributed by atoms with Crippen LogP contribution in [0.4, 0.5) is 34.1 Å². The number of benzene rings is 10. The molecule has 89 heavy (non-hydrogen) atoms. The van der Waals surface area contributed by atoms with Crippen LogP contribution in [0.3, 0.4) is 0 Å². The Bertz CT molecular complexity index is 4050. The first kappa shape index (κ1) is 62.8. The number of hydrogen-bond donors (Lipinski definition) is 0. The molecule has 10 aromatic rings. The fraction of sp³-hybridized carbons (Fsp3) is 0.247. The van der Waals surface area contributed by atoms with Gasteiger partial charge in [0.15, 0.2) is 0 Å². The van der Waals surface area contributed by atoms with Crippen molar-refractivity contribution in [1.29, 1.82) is 0 Å². The Labute approximate surface area is 549 Å². The molecule has 1 aliphatic carbocycles. The topological polar surface area (TPSA) is 6.48 Å². The lowest BCUT2D eigenvalue weighted by Crippen LogP contribution is -2.24. The van der Waals surface area contributed by atoms with Gasteiger partial charge in [-0.25, -0.2) is 0 Å². The summed E-state index contributed by atoms with van der Waals surface area (Å²) in [6, 6.07) is 82.5. The molecule has 450 valence electrons. The van der Waals surface area contributed by atoms with Gasteiger partial charge in [-0.3, -0.25) is 0 Å². The minimum atomic E-state index is 0.0171. The number of hydrogen-bond acceptors (Lipinski definition) is 2. The Kier molecular flexibility index (Phi) is 20.0. The number of nitrogens with zero attached hydrogens (tertiary/aromatic N) is 2. The fourth-order valence-corrected chi connectivity index (χ4v) is 14.7. The number of aryl methyl sites for hydroxylation is 5. The van der Waals surface area contributed by atoms with Gasteiger partial charge >= 0.3 is 0 Å². The molecule has 0 saturated carbocycles. The van der Waals surface area contributed by atoms with Crippen molar-refractivity contribution in [3.05, 3.63) is 284 Å². The molecule has 1 atom stereocenters. The van der Waals surface area contributed by atoms with Gasteiger partial charge in [-0.2, -0.15) is 0 Å². The first-order valence-corrected chi connectivity index (χ1v) is 34.1. The maximum absolute atomic E-state index is 3.63. The first-order valence-electron chi connectivity index (χ1n) is 32.5. The molecule has 2 nitrogen and oxygen atoms in total. The Morgan fingerprint density at radius 3 is 1.04 bits per heavy atom. The van der Waals surface area contributed by atoms with E-state index in [4.69, 9.17) is 0 Å². The lowest BCUT2D eigenvalue weighted by atomic mass is 9.68. The minimum Gasteiger partial charge on any atom is -0.311 e. The zero-order valence-corrected chi connectivity index (χ0v) is 56.9. The normalized spacial score (nSPS) is 13.7. The van der Waals surface area contributed by atoms with Crippen molar-refractivity contribution in [2.75, 3.05) is 9.80 Å². The van der Waals surface area contributed by atoms with E-state index < -0.39 is 0 Å². The average molecular weight is 1300 g/mol. The zero-order valence-electron chi connectivity index (χ0n) is 53.7. The second-order valence-corrected chi connectivity index (χ2v) is 27.4. The molecule has 0 heterocycles. The summed E-state index contributed by atoms with van der Waals surface area (Å²) in [7, 11) is 0. The van der Waals surface area contributed by atoms with Gasteiger partial charge in [-0.05, 0) is 246 Å². The number of anilines is 6. The second-order valence-electron chi connectivity index (χ2n) is 25.6. The number of halogens is 2. The summed E-state index contributed by atoms with van der Waals surface area (Å²) in [5.41, 5.74) is 30.2. The highest BCUT2D eigenvalue weighted by molar-refractivity contribution is 9.10. The van der Waals surface area contributed by atoms with Crippen molar-refractivity contribution in [1.82, 2.24) is 0 Å². The number of rotatable bonds is 22. The van der Waals surface area contributed by atoms with Crippen molar-refractivity contribution in [2.45, 2.75) is 132 Å². The van der Waals surface area contributed by atoms with Crippen LogP contribution in [0.5, 0.6) is 0 Å². The van der Waals surface area contributed by atoms with E-state index >= 15 is 0 Å². The van der Waals surface area contributed by atoms with Gasteiger partial charge in [0.1, 0.15) is 0 Å². The van der Waals surface area contributed by atoms with Gasteiger partial charge in [0, 0.05) is 49.0 Å². The monoisotopic (exact) mass is 1290 g/mol. The van der Waals surface area contributed by atoms with E-state index in [1.807, 2.05) is 0 Å². The summed E-state index contributed by atoms with van der Waals surface area (Å²) >= 11 is 7.27. The van der Waals surface area contributed by atoms with Crippen LogP contribution in [-0.2, 0) is 12.8 Å². The van der Waals surface area contributed by atoms with Crippen LogP contribution in [0.15, 0.2) is 251 Å². The predicted octanol–water partition coefficient (Wildman–Crippen LogP) is 26.7. The van der Waals surface area contributed by atoms with E-state index in [9.17, 15) is 0 Å². The smallest absolute Gasteiger partial charge is 0.0462 e. The van der Waals surface area contributed by atoms with Gasteiger partial charge in [-0.1, -0.05) is 248 Å². The van der Waals surface area contributed by atoms with Gasteiger partial charge in [0.05, 0.1) is 0 Å². The Balaban J connectivity index is 0.965. The van der Waals surface area contributed by atoms with Gasteiger partial charge in [0.25, 0.3) is 0 Å². The maximum Gasteiger partial charge on any atom is 0.0462 e. The Hall–Kier alpha value is -7.76. The molecule has 0 saturated heterocycles. The molecule has 0 N–H and O–H groups in total. The van der Waals surface area contributed by atoms with Crippen LogP contribution >= 0.6 is 31.9 Å². The first-order chi connectivity index (χ1) is 43.1. The van der Waals surface area contributed by atoms with Crippen molar-refractivity contribution in [3.63, 3.8) is 0 Å². The summed E-state index contributed by atoms with van der Waals surface area (Å²) < 4.78 is 2.16. The molecule has 11 rings (SSSR count). The van der Waals surface area contributed by atoms with Crippen LogP contribution in [-0.4, -0.2) is 0 Å². The highest BCUT2D eigenvalue weighted by atomic mass is 79.9. The molecule has 10 aromatic carbocycles. The van der Waals surface area contributed by atoms with Crippen molar-refractivity contribution < 1.29 is 0 Å². The highest BCUT2D eigenvalue weighted by Crippen LogP contribution is 2.48. The Morgan fingerprint density at radius 1 is 0.371 bits per heavy atom. The largest absolute Gasteiger partial charge is 0.311 e. The zero-order chi connectivity index (χ0) is 62.2. The molecular weight excluding hydrogens is 1210 g/mol. The summed E-state index contributed by atoms with van der Waals surface area (Å²) in [5, 5.41) is 0. The third-order valence-electron chi connectivity index (χ3n) is 18.2. The Morgan fingerprint density at radius 2 is 0.697 bits per heavy atom. The van der Waals surface area contributed by atoms with Crippen molar-refractivity contribution >= 4 is 66.0 Å². The average Bonchev–Trinajstić information content (AvgIpc) is 1.72. The molecule has 0 aliphatic heterocycles. The molecule has 0 radical (unpaired) electrons. The molecule has 1 unspecified atom stereocenters. The van der Waals surface area contributed by atoms with Crippen LogP contribution in [0.2, 0.25) is 0 Å².